The molecule has 1 unspecified atom stereocenters. The first-order chi connectivity index (χ1) is 8.40. The molecule has 18 heavy (non-hydrogen) atoms. The molecule has 1 aromatic rings. The number of phenols is 1. The van der Waals surface area contributed by atoms with Crippen molar-refractivity contribution in [2.75, 3.05) is 14.1 Å². The number of rotatable bonds is 3. The standard InChI is InChI=1S/C12H18N2O3S/c1-14(2)18(16,17)13-10-6-7-11-9(8-10)4-3-5-12(11)15/h3-5,10,13,15H,6-8H2,1-2H3. The SMILES string of the molecule is CN(C)S(=O)(=O)NC1CCc2c(O)cccc2C1. The van der Waals surface area contributed by atoms with E-state index in [1.54, 1.807) is 12.1 Å². The summed E-state index contributed by atoms with van der Waals surface area (Å²) in [6.45, 7) is 0. The molecule has 1 aromatic carbocycles. The number of nitrogens with zero attached hydrogens (tertiary/aromatic N) is 1. The van der Waals surface area contributed by atoms with E-state index in [1.807, 2.05) is 6.07 Å². The van der Waals surface area contributed by atoms with Crippen LogP contribution in [0.15, 0.2) is 18.2 Å². The van der Waals surface area contributed by atoms with Gasteiger partial charge in [-0.15, -0.1) is 0 Å². The van der Waals surface area contributed by atoms with Crippen molar-refractivity contribution in [1.29, 1.82) is 0 Å². The van der Waals surface area contributed by atoms with E-state index >= 15 is 0 Å². The number of fused-ring (bicyclic) bond motifs is 1. The number of phenolic OH excluding ortho intramolecular Hbond substituents is 1. The highest BCUT2D eigenvalue weighted by atomic mass is 32.2. The minimum Gasteiger partial charge on any atom is -0.508 e. The fourth-order valence-electron chi connectivity index (χ4n) is 2.20. The van der Waals surface area contributed by atoms with Crippen LogP contribution in [-0.4, -0.2) is 38.0 Å². The lowest BCUT2D eigenvalue weighted by atomic mass is 9.88. The summed E-state index contributed by atoms with van der Waals surface area (Å²) in [6, 6.07) is 5.29. The zero-order valence-corrected chi connectivity index (χ0v) is 11.4. The number of aromatic hydroxyl groups is 1. The van der Waals surface area contributed by atoms with Crippen LogP contribution in [0.4, 0.5) is 0 Å². The highest BCUT2D eigenvalue weighted by Gasteiger charge is 2.25. The summed E-state index contributed by atoms with van der Waals surface area (Å²) < 4.78 is 27.3. The van der Waals surface area contributed by atoms with Crippen molar-refractivity contribution >= 4 is 10.2 Å². The Morgan fingerprint density at radius 2 is 2.11 bits per heavy atom. The Morgan fingerprint density at radius 1 is 1.39 bits per heavy atom. The van der Waals surface area contributed by atoms with Gasteiger partial charge >= 0.3 is 0 Å². The molecule has 1 aliphatic carbocycles. The Morgan fingerprint density at radius 3 is 2.78 bits per heavy atom. The van der Waals surface area contributed by atoms with Gasteiger partial charge < -0.3 is 5.11 Å². The molecule has 100 valence electrons. The van der Waals surface area contributed by atoms with Gasteiger partial charge in [0.1, 0.15) is 5.75 Å². The summed E-state index contributed by atoms with van der Waals surface area (Å²) in [4.78, 5) is 0. The molecule has 0 amide bonds. The molecule has 2 rings (SSSR count). The molecule has 0 aromatic heterocycles. The molecule has 0 aliphatic heterocycles. The zero-order chi connectivity index (χ0) is 13.3. The maximum absolute atomic E-state index is 11.7. The van der Waals surface area contributed by atoms with Gasteiger partial charge in [-0.3, -0.25) is 0 Å². The minimum absolute atomic E-state index is 0.105. The second-order valence-corrected chi connectivity index (χ2v) is 6.68. The summed E-state index contributed by atoms with van der Waals surface area (Å²) in [6.07, 6.45) is 2.02. The van der Waals surface area contributed by atoms with E-state index in [-0.39, 0.29) is 6.04 Å². The largest absolute Gasteiger partial charge is 0.508 e. The lowest BCUT2D eigenvalue weighted by molar-refractivity contribution is 0.443. The maximum atomic E-state index is 11.7. The third-order valence-electron chi connectivity index (χ3n) is 3.25. The van der Waals surface area contributed by atoms with Crippen molar-refractivity contribution in [1.82, 2.24) is 9.03 Å². The van der Waals surface area contributed by atoms with Crippen LogP contribution in [0.3, 0.4) is 0 Å². The first-order valence-electron chi connectivity index (χ1n) is 5.89. The van der Waals surface area contributed by atoms with E-state index in [4.69, 9.17) is 0 Å². The van der Waals surface area contributed by atoms with Crippen molar-refractivity contribution < 1.29 is 13.5 Å². The number of nitrogens with one attached hydrogen (secondary N) is 1. The molecule has 0 saturated heterocycles. The highest BCUT2D eigenvalue weighted by Crippen LogP contribution is 2.28. The van der Waals surface area contributed by atoms with Crippen molar-refractivity contribution in [3.8, 4) is 5.75 Å². The van der Waals surface area contributed by atoms with Crippen LogP contribution < -0.4 is 4.72 Å². The van der Waals surface area contributed by atoms with Gasteiger partial charge in [0.15, 0.2) is 0 Å². The van der Waals surface area contributed by atoms with Gasteiger partial charge in [-0.25, -0.2) is 0 Å². The van der Waals surface area contributed by atoms with Crippen LogP contribution in [0.5, 0.6) is 5.75 Å². The Hall–Kier alpha value is -1.11. The molecule has 6 heteroatoms. The molecule has 1 atom stereocenters. The van der Waals surface area contributed by atoms with Crippen LogP contribution >= 0.6 is 0 Å². The highest BCUT2D eigenvalue weighted by molar-refractivity contribution is 7.87. The number of benzene rings is 1. The Balaban J connectivity index is 2.14. The summed E-state index contributed by atoms with van der Waals surface area (Å²) >= 11 is 0. The van der Waals surface area contributed by atoms with Gasteiger partial charge in [-0.05, 0) is 36.5 Å². The van der Waals surface area contributed by atoms with Crippen LogP contribution in [0.25, 0.3) is 0 Å². The van der Waals surface area contributed by atoms with Gasteiger partial charge in [0.2, 0.25) is 0 Å². The van der Waals surface area contributed by atoms with Crippen molar-refractivity contribution in [2.45, 2.75) is 25.3 Å². The molecule has 0 bridgehead atoms. The molecule has 0 heterocycles. The third kappa shape index (κ3) is 2.66. The predicted octanol–water partition coefficient (Wildman–Crippen LogP) is 0.645. The predicted molar refractivity (Wildman–Crippen MR) is 69.7 cm³/mol. The van der Waals surface area contributed by atoms with E-state index in [9.17, 15) is 13.5 Å². The van der Waals surface area contributed by atoms with E-state index in [1.165, 1.54) is 18.4 Å². The quantitative estimate of drug-likeness (QED) is 0.847. The van der Waals surface area contributed by atoms with E-state index < -0.39 is 10.2 Å². The maximum Gasteiger partial charge on any atom is 0.279 e. The van der Waals surface area contributed by atoms with Crippen LogP contribution in [0, 0.1) is 0 Å². The van der Waals surface area contributed by atoms with Gasteiger partial charge in [-0.1, -0.05) is 12.1 Å². The van der Waals surface area contributed by atoms with Crippen LogP contribution in [0.2, 0.25) is 0 Å². The lowest BCUT2D eigenvalue weighted by Crippen LogP contribution is -2.44. The first kappa shape index (κ1) is 13.3. The van der Waals surface area contributed by atoms with E-state index in [2.05, 4.69) is 4.72 Å². The first-order valence-corrected chi connectivity index (χ1v) is 7.33. The van der Waals surface area contributed by atoms with Gasteiger partial charge in [0.05, 0.1) is 0 Å². The topological polar surface area (TPSA) is 69.6 Å². The third-order valence-corrected chi connectivity index (χ3v) is 4.85. The van der Waals surface area contributed by atoms with Crippen LogP contribution in [0.1, 0.15) is 17.5 Å². The monoisotopic (exact) mass is 270 g/mol. The molecular formula is C12H18N2O3S. The summed E-state index contributed by atoms with van der Waals surface area (Å²) in [5, 5.41) is 9.72. The molecule has 5 nitrogen and oxygen atoms in total. The molecule has 0 saturated carbocycles. The summed E-state index contributed by atoms with van der Waals surface area (Å²) in [5.74, 6) is 0.307. The van der Waals surface area contributed by atoms with Crippen LogP contribution in [-0.2, 0) is 23.1 Å². The molecule has 0 fully saturated rings. The van der Waals surface area contributed by atoms with Gasteiger partial charge in [-0.2, -0.15) is 17.4 Å². The summed E-state index contributed by atoms with van der Waals surface area (Å²) in [5.41, 5.74) is 1.96. The molecule has 0 radical (unpaired) electrons. The fraction of sp³-hybridized carbons (Fsp3) is 0.500. The smallest absolute Gasteiger partial charge is 0.279 e. The van der Waals surface area contributed by atoms with Crippen molar-refractivity contribution in [3.05, 3.63) is 29.3 Å². The van der Waals surface area contributed by atoms with Gasteiger partial charge in [0.25, 0.3) is 10.2 Å². The lowest BCUT2D eigenvalue weighted by Gasteiger charge is -2.26. The summed E-state index contributed by atoms with van der Waals surface area (Å²) in [7, 11) is -0.380. The molecule has 2 N–H and O–H groups in total. The number of hydrogen-bond donors (Lipinski definition) is 2. The van der Waals surface area contributed by atoms with E-state index in [0.717, 1.165) is 11.1 Å². The number of hydrogen-bond acceptors (Lipinski definition) is 3. The van der Waals surface area contributed by atoms with Crippen molar-refractivity contribution in [2.24, 2.45) is 0 Å². The average molecular weight is 270 g/mol. The second kappa shape index (κ2) is 4.87. The molecule has 0 spiro atoms. The average Bonchev–Trinajstić information content (AvgIpc) is 2.28. The Labute approximate surface area is 108 Å². The van der Waals surface area contributed by atoms with Crippen molar-refractivity contribution in [3.63, 3.8) is 0 Å². The van der Waals surface area contributed by atoms with E-state index in [0.29, 0.717) is 25.0 Å². The Kier molecular flexibility index (Phi) is 3.61. The minimum atomic E-state index is -3.39. The molecule has 1 aliphatic rings. The second-order valence-electron chi connectivity index (χ2n) is 4.76. The Bertz CT molecular complexity index is 540. The normalized spacial score (nSPS) is 19.8. The van der Waals surface area contributed by atoms with Gasteiger partial charge in [0, 0.05) is 20.1 Å². The fourth-order valence-corrected chi connectivity index (χ4v) is 3.04. The zero-order valence-electron chi connectivity index (χ0n) is 10.5. The molecular weight excluding hydrogens is 252 g/mol.